The molecule has 12 heavy (non-hydrogen) atoms. The van der Waals surface area contributed by atoms with E-state index in [4.69, 9.17) is 5.73 Å². The molecule has 0 unspecified atom stereocenters. The molecule has 1 heterocycles. The van der Waals surface area contributed by atoms with Crippen LogP contribution < -0.4 is 5.73 Å². The van der Waals surface area contributed by atoms with Crippen LogP contribution in [0.5, 0.6) is 0 Å². The maximum atomic E-state index is 5.69. The van der Waals surface area contributed by atoms with Crippen LogP contribution in [0.2, 0.25) is 0 Å². The molecule has 0 saturated carbocycles. The van der Waals surface area contributed by atoms with E-state index in [9.17, 15) is 0 Å². The second kappa shape index (κ2) is 3.31. The van der Waals surface area contributed by atoms with Gasteiger partial charge in [0.05, 0.1) is 0 Å². The highest BCUT2D eigenvalue weighted by Crippen LogP contribution is 2.14. The van der Waals surface area contributed by atoms with Crippen LogP contribution in [-0.2, 0) is 0 Å². The van der Waals surface area contributed by atoms with Gasteiger partial charge in [-0.3, -0.25) is 4.90 Å². The third-order valence-electron chi connectivity index (χ3n) is 2.13. The van der Waals surface area contributed by atoms with Crippen molar-refractivity contribution >= 4 is 0 Å². The van der Waals surface area contributed by atoms with Gasteiger partial charge in [0.25, 0.3) is 0 Å². The van der Waals surface area contributed by atoms with E-state index in [0.717, 1.165) is 18.8 Å². The predicted molar refractivity (Wildman–Crippen MR) is 52.7 cm³/mol. The van der Waals surface area contributed by atoms with E-state index in [-0.39, 0.29) is 5.54 Å². The second-order valence-electron chi connectivity index (χ2n) is 4.18. The van der Waals surface area contributed by atoms with Gasteiger partial charge in [0.1, 0.15) is 0 Å². The second-order valence-corrected chi connectivity index (χ2v) is 4.18. The lowest BCUT2D eigenvalue weighted by Crippen LogP contribution is -2.41. The zero-order valence-electron chi connectivity index (χ0n) is 8.17. The minimum absolute atomic E-state index is 0.228. The molecule has 0 fully saturated rings. The van der Waals surface area contributed by atoms with Gasteiger partial charge < -0.3 is 5.73 Å². The molecular weight excluding hydrogens is 148 g/mol. The van der Waals surface area contributed by atoms with Crippen LogP contribution in [0.4, 0.5) is 0 Å². The number of allylic oxidation sites excluding steroid dienone is 1. The monoisotopic (exact) mass is 166 g/mol. The smallest absolute Gasteiger partial charge is 0.0283 e. The average Bonchev–Trinajstić information content (AvgIpc) is 2.11. The molecule has 0 aromatic carbocycles. The molecular formula is C10H18N2. The Labute approximate surface area is 74.7 Å². The Morgan fingerprint density at radius 3 is 2.58 bits per heavy atom. The minimum Gasteiger partial charge on any atom is -0.399 e. The van der Waals surface area contributed by atoms with Crippen molar-refractivity contribution in [1.29, 1.82) is 0 Å². The predicted octanol–water partition coefficient (Wildman–Crippen LogP) is 1.50. The molecule has 0 aromatic rings. The molecule has 0 saturated heterocycles. The summed E-state index contributed by atoms with van der Waals surface area (Å²) in [6, 6.07) is 0. The summed E-state index contributed by atoms with van der Waals surface area (Å²) in [6.45, 7) is 8.59. The van der Waals surface area contributed by atoms with Gasteiger partial charge in [-0.1, -0.05) is 6.08 Å². The molecule has 68 valence electrons. The van der Waals surface area contributed by atoms with Crippen LogP contribution in [0, 0.1) is 0 Å². The van der Waals surface area contributed by atoms with Gasteiger partial charge >= 0.3 is 0 Å². The largest absolute Gasteiger partial charge is 0.399 e. The quantitative estimate of drug-likeness (QED) is 0.591. The molecule has 1 aliphatic heterocycles. The molecule has 2 heteroatoms. The van der Waals surface area contributed by atoms with Crippen molar-refractivity contribution in [1.82, 2.24) is 4.90 Å². The van der Waals surface area contributed by atoms with E-state index in [1.807, 2.05) is 6.08 Å². The van der Waals surface area contributed by atoms with Gasteiger partial charge in [0, 0.05) is 24.3 Å². The fraction of sp³-hybridized carbons (Fsp3) is 0.600. The highest BCUT2D eigenvalue weighted by molar-refractivity contribution is 5.18. The lowest BCUT2D eigenvalue weighted by Gasteiger charge is -2.33. The lowest BCUT2D eigenvalue weighted by molar-refractivity contribution is 0.173. The fourth-order valence-corrected chi connectivity index (χ4v) is 1.22. The summed E-state index contributed by atoms with van der Waals surface area (Å²) >= 11 is 0. The maximum absolute atomic E-state index is 5.69. The van der Waals surface area contributed by atoms with E-state index < -0.39 is 0 Å². The highest BCUT2D eigenvalue weighted by atomic mass is 15.2. The standard InChI is InChI=1S/C10H18N2/c1-10(2,3)12-7-4-5-9(11)6-8-12/h4-6H,7-8,11H2,1-3H3. The van der Waals surface area contributed by atoms with E-state index >= 15 is 0 Å². The number of nitrogens with two attached hydrogens (primary N) is 1. The van der Waals surface area contributed by atoms with Crippen LogP contribution in [0.15, 0.2) is 23.9 Å². The zero-order valence-corrected chi connectivity index (χ0v) is 8.17. The van der Waals surface area contributed by atoms with Crippen LogP contribution >= 0.6 is 0 Å². The fourth-order valence-electron chi connectivity index (χ4n) is 1.22. The Hall–Kier alpha value is -0.760. The first-order valence-corrected chi connectivity index (χ1v) is 4.37. The third kappa shape index (κ3) is 2.38. The van der Waals surface area contributed by atoms with Gasteiger partial charge in [-0.25, -0.2) is 0 Å². The van der Waals surface area contributed by atoms with E-state index in [1.165, 1.54) is 0 Å². The van der Waals surface area contributed by atoms with Crippen molar-refractivity contribution in [2.24, 2.45) is 5.73 Å². The van der Waals surface area contributed by atoms with Crippen LogP contribution in [0.3, 0.4) is 0 Å². The van der Waals surface area contributed by atoms with Crippen LogP contribution in [-0.4, -0.2) is 23.5 Å². The van der Waals surface area contributed by atoms with Crippen molar-refractivity contribution in [3.8, 4) is 0 Å². The van der Waals surface area contributed by atoms with Gasteiger partial charge in [-0.15, -0.1) is 0 Å². The van der Waals surface area contributed by atoms with Gasteiger partial charge in [-0.05, 0) is 32.9 Å². The first kappa shape index (κ1) is 9.33. The van der Waals surface area contributed by atoms with Crippen molar-refractivity contribution in [2.45, 2.75) is 26.3 Å². The summed E-state index contributed by atoms with van der Waals surface area (Å²) in [5, 5.41) is 0. The first-order valence-electron chi connectivity index (χ1n) is 4.37. The maximum Gasteiger partial charge on any atom is 0.0283 e. The summed E-state index contributed by atoms with van der Waals surface area (Å²) in [5.41, 5.74) is 6.79. The van der Waals surface area contributed by atoms with Crippen LogP contribution in [0.1, 0.15) is 20.8 Å². The molecule has 0 radical (unpaired) electrons. The Balaban J connectivity index is 2.67. The number of rotatable bonds is 0. The Morgan fingerprint density at radius 2 is 2.00 bits per heavy atom. The van der Waals surface area contributed by atoms with Crippen molar-refractivity contribution < 1.29 is 0 Å². The van der Waals surface area contributed by atoms with E-state index in [2.05, 4.69) is 37.8 Å². The average molecular weight is 166 g/mol. The summed E-state index contributed by atoms with van der Waals surface area (Å²) < 4.78 is 0. The van der Waals surface area contributed by atoms with Gasteiger partial charge in [-0.2, -0.15) is 0 Å². The number of nitrogens with zero attached hydrogens (tertiary/aromatic N) is 1. The van der Waals surface area contributed by atoms with Gasteiger partial charge in [0.15, 0.2) is 0 Å². The van der Waals surface area contributed by atoms with Crippen molar-refractivity contribution in [3.05, 3.63) is 23.9 Å². The SMILES string of the molecule is CC(C)(C)N1CC=CC(N)=CC1. The third-order valence-corrected chi connectivity index (χ3v) is 2.13. The molecule has 1 rings (SSSR count). The molecule has 0 bridgehead atoms. The molecule has 0 aliphatic carbocycles. The van der Waals surface area contributed by atoms with Crippen molar-refractivity contribution in [3.63, 3.8) is 0 Å². The topological polar surface area (TPSA) is 29.3 Å². The summed E-state index contributed by atoms with van der Waals surface area (Å²) in [6.07, 6.45) is 6.16. The molecule has 0 spiro atoms. The first-order chi connectivity index (χ1) is 5.50. The molecule has 2 N–H and O–H groups in total. The molecule has 0 atom stereocenters. The summed E-state index contributed by atoms with van der Waals surface area (Å²) in [4.78, 5) is 2.38. The van der Waals surface area contributed by atoms with E-state index in [0.29, 0.717) is 0 Å². The lowest BCUT2D eigenvalue weighted by atomic mass is 10.1. The Bertz CT molecular complexity index is 208. The number of hydrogen-bond donors (Lipinski definition) is 1. The van der Waals surface area contributed by atoms with Gasteiger partial charge in [0.2, 0.25) is 0 Å². The minimum atomic E-state index is 0.228. The van der Waals surface area contributed by atoms with Crippen LogP contribution in [0.25, 0.3) is 0 Å². The van der Waals surface area contributed by atoms with Crippen molar-refractivity contribution in [2.75, 3.05) is 13.1 Å². The Kier molecular flexibility index (Phi) is 2.58. The zero-order chi connectivity index (χ0) is 9.19. The molecule has 1 aliphatic rings. The highest BCUT2D eigenvalue weighted by Gasteiger charge is 2.19. The molecule has 0 amide bonds. The summed E-state index contributed by atoms with van der Waals surface area (Å²) in [7, 11) is 0. The number of hydrogen-bond acceptors (Lipinski definition) is 2. The van der Waals surface area contributed by atoms with E-state index in [1.54, 1.807) is 0 Å². The Morgan fingerprint density at radius 1 is 1.33 bits per heavy atom. The summed E-state index contributed by atoms with van der Waals surface area (Å²) in [5.74, 6) is 0. The normalized spacial score (nSPS) is 20.4. The molecule has 0 aromatic heterocycles. The molecule has 2 nitrogen and oxygen atoms in total.